The van der Waals surface area contributed by atoms with E-state index in [-0.39, 0.29) is 0 Å². The van der Waals surface area contributed by atoms with E-state index in [1.165, 1.54) is 12.0 Å². The maximum atomic E-state index is 11.8. The van der Waals surface area contributed by atoms with E-state index in [1.807, 2.05) is 30.5 Å². The minimum Gasteiger partial charge on any atom is -0.497 e. The molecule has 0 amide bonds. The summed E-state index contributed by atoms with van der Waals surface area (Å²) < 4.78 is 5.12. The SMILES string of the molecule is COc1ccc(CNC=C2CCCCCC2=O)cc1. The Labute approximate surface area is 114 Å². The van der Waals surface area contributed by atoms with Crippen molar-refractivity contribution in [2.75, 3.05) is 7.11 Å². The number of carbonyl (C=O) groups is 1. The number of methoxy groups -OCH3 is 1. The van der Waals surface area contributed by atoms with Gasteiger partial charge in [-0.2, -0.15) is 0 Å². The minimum absolute atomic E-state index is 0.305. The summed E-state index contributed by atoms with van der Waals surface area (Å²) >= 11 is 0. The van der Waals surface area contributed by atoms with Crippen molar-refractivity contribution >= 4 is 5.78 Å². The van der Waals surface area contributed by atoms with Gasteiger partial charge in [0.2, 0.25) is 0 Å². The first-order valence-electron chi connectivity index (χ1n) is 6.88. The van der Waals surface area contributed by atoms with Crippen molar-refractivity contribution in [3.05, 3.63) is 41.6 Å². The van der Waals surface area contributed by atoms with Gasteiger partial charge in [0.25, 0.3) is 0 Å². The van der Waals surface area contributed by atoms with Crippen molar-refractivity contribution < 1.29 is 9.53 Å². The lowest BCUT2D eigenvalue weighted by Crippen LogP contribution is -2.09. The normalized spacial score (nSPS) is 18.2. The molecule has 0 heterocycles. The van der Waals surface area contributed by atoms with Gasteiger partial charge in [0, 0.05) is 24.7 Å². The maximum Gasteiger partial charge on any atom is 0.160 e. The number of Topliss-reactive ketones (excluding diaryl/α,β-unsaturated/α-hetero) is 1. The zero-order valence-corrected chi connectivity index (χ0v) is 11.4. The molecule has 1 aromatic rings. The molecule has 0 saturated heterocycles. The minimum atomic E-state index is 0.305. The second kappa shape index (κ2) is 6.98. The number of hydrogen-bond donors (Lipinski definition) is 1. The van der Waals surface area contributed by atoms with Crippen LogP contribution in [-0.2, 0) is 11.3 Å². The van der Waals surface area contributed by atoms with E-state index in [4.69, 9.17) is 4.74 Å². The van der Waals surface area contributed by atoms with Crippen LogP contribution >= 0.6 is 0 Å². The van der Waals surface area contributed by atoms with Gasteiger partial charge >= 0.3 is 0 Å². The van der Waals surface area contributed by atoms with Crippen molar-refractivity contribution in [1.29, 1.82) is 0 Å². The topological polar surface area (TPSA) is 38.3 Å². The highest BCUT2D eigenvalue weighted by molar-refractivity contribution is 5.95. The Hall–Kier alpha value is -1.77. The number of allylic oxidation sites excluding steroid dienone is 1. The molecule has 1 aliphatic carbocycles. The zero-order valence-electron chi connectivity index (χ0n) is 11.4. The fraction of sp³-hybridized carbons (Fsp3) is 0.438. The number of nitrogens with one attached hydrogen (secondary N) is 1. The second-order valence-corrected chi connectivity index (χ2v) is 4.88. The van der Waals surface area contributed by atoms with Gasteiger partial charge in [-0.1, -0.05) is 18.6 Å². The largest absolute Gasteiger partial charge is 0.497 e. The van der Waals surface area contributed by atoms with E-state index in [0.717, 1.165) is 37.1 Å². The van der Waals surface area contributed by atoms with E-state index < -0.39 is 0 Å². The molecule has 19 heavy (non-hydrogen) atoms. The van der Waals surface area contributed by atoms with Gasteiger partial charge < -0.3 is 10.1 Å². The maximum absolute atomic E-state index is 11.8. The van der Waals surface area contributed by atoms with Gasteiger partial charge in [-0.25, -0.2) is 0 Å². The van der Waals surface area contributed by atoms with Crippen LogP contribution in [0.25, 0.3) is 0 Å². The summed E-state index contributed by atoms with van der Waals surface area (Å²) in [6.45, 7) is 0.737. The first-order valence-corrected chi connectivity index (χ1v) is 6.88. The quantitative estimate of drug-likeness (QED) is 0.666. The molecule has 3 nitrogen and oxygen atoms in total. The lowest BCUT2D eigenvalue weighted by molar-refractivity contribution is -0.115. The zero-order chi connectivity index (χ0) is 13.5. The Balaban J connectivity index is 1.88. The number of carbonyl (C=O) groups excluding carboxylic acids is 1. The molecule has 0 spiro atoms. The Morgan fingerprint density at radius 2 is 1.89 bits per heavy atom. The van der Waals surface area contributed by atoms with Gasteiger partial charge in [0.1, 0.15) is 5.75 Å². The average molecular weight is 259 g/mol. The second-order valence-electron chi connectivity index (χ2n) is 4.88. The Kier molecular flexibility index (Phi) is 5.01. The van der Waals surface area contributed by atoms with Crippen LogP contribution in [0, 0.1) is 0 Å². The van der Waals surface area contributed by atoms with Crippen molar-refractivity contribution in [3.8, 4) is 5.75 Å². The van der Waals surface area contributed by atoms with Crippen LogP contribution < -0.4 is 10.1 Å². The van der Waals surface area contributed by atoms with Crippen LogP contribution in [0.1, 0.15) is 37.7 Å². The molecule has 1 aromatic carbocycles. The molecular weight excluding hydrogens is 238 g/mol. The van der Waals surface area contributed by atoms with Crippen LogP contribution in [0.5, 0.6) is 5.75 Å². The first kappa shape index (κ1) is 13.7. The van der Waals surface area contributed by atoms with Crippen LogP contribution in [0.15, 0.2) is 36.0 Å². The number of ketones is 1. The van der Waals surface area contributed by atoms with Gasteiger partial charge in [-0.15, -0.1) is 0 Å². The monoisotopic (exact) mass is 259 g/mol. The van der Waals surface area contributed by atoms with Crippen LogP contribution in [0.4, 0.5) is 0 Å². The van der Waals surface area contributed by atoms with E-state index >= 15 is 0 Å². The molecule has 0 radical (unpaired) electrons. The summed E-state index contributed by atoms with van der Waals surface area (Å²) in [6, 6.07) is 7.94. The molecule has 0 unspecified atom stereocenters. The summed E-state index contributed by atoms with van der Waals surface area (Å²) in [5, 5.41) is 3.24. The van der Waals surface area contributed by atoms with Crippen LogP contribution in [-0.4, -0.2) is 12.9 Å². The van der Waals surface area contributed by atoms with Gasteiger partial charge in [-0.05, 0) is 37.0 Å². The number of benzene rings is 1. The fourth-order valence-corrected chi connectivity index (χ4v) is 2.27. The van der Waals surface area contributed by atoms with Crippen molar-refractivity contribution in [2.24, 2.45) is 0 Å². The number of hydrogen-bond acceptors (Lipinski definition) is 3. The average Bonchev–Trinajstić information content (AvgIpc) is 2.65. The number of ether oxygens (including phenoxy) is 1. The van der Waals surface area contributed by atoms with Gasteiger partial charge in [0.15, 0.2) is 5.78 Å². The third kappa shape index (κ3) is 4.12. The molecule has 0 bridgehead atoms. The molecular formula is C16H21NO2. The van der Waals surface area contributed by atoms with E-state index in [0.29, 0.717) is 12.2 Å². The molecule has 1 fully saturated rings. The van der Waals surface area contributed by atoms with E-state index in [9.17, 15) is 4.79 Å². The lowest BCUT2D eigenvalue weighted by Gasteiger charge is -2.06. The van der Waals surface area contributed by atoms with Crippen molar-refractivity contribution in [1.82, 2.24) is 5.32 Å². The fourth-order valence-electron chi connectivity index (χ4n) is 2.27. The molecule has 3 heteroatoms. The van der Waals surface area contributed by atoms with E-state index in [1.54, 1.807) is 7.11 Å². The standard InChI is InChI=1S/C16H21NO2/c1-19-15-9-7-13(8-10-15)11-17-12-14-5-3-2-4-6-16(14)18/h7-10,12,17H,2-6,11H2,1H3. The molecule has 1 aliphatic rings. The van der Waals surface area contributed by atoms with Crippen LogP contribution in [0.3, 0.4) is 0 Å². The summed E-state index contributed by atoms with van der Waals surface area (Å²) in [6.07, 6.45) is 6.85. The Morgan fingerprint density at radius 1 is 1.16 bits per heavy atom. The van der Waals surface area contributed by atoms with E-state index in [2.05, 4.69) is 5.32 Å². The third-order valence-electron chi connectivity index (χ3n) is 3.45. The number of rotatable bonds is 4. The third-order valence-corrected chi connectivity index (χ3v) is 3.45. The summed E-state index contributed by atoms with van der Waals surface area (Å²) in [4.78, 5) is 11.8. The van der Waals surface area contributed by atoms with Gasteiger partial charge in [-0.3, -0.25) is 4.79 Å². The predicted octanol–water partition coefficient (Wildman–Crippen LogP) is 3.20. The van der Waals surface area contributed by atoms with Crippen molar-refractivity contribution in [3.63, 3.8) is 0 Å². The molecule has 1 N–H and O–H groups in total. The van der Waals surface area contributed by atoms with Crippen molar-refractivity contribution in [2.45, 2.75) is 38.6 Å². The Morgan fingerprint density at radius 3 is 2.63 bits per heavy atom. The smallest absolute Gasteiger partial charge is 0.160 e. The predicted molar refractivity (Wildman–Crippen MR) is 76.0 cm³/mol. The molecule has 0 aromatic heterocycles. The summed E-state index contributed by atoms with van der Waals surface area (Å²) in [5.74, 6) is 1.17. The molecule has 1 saturated carbocycles. The summed E-state index contributed by atoms with van der Waals surface area (Å²) in [7, 11) is 1.66. The lowest BCUT2D eigenvalue weighted by atomic mass is 10.1. The Bertz CT molecular complexity index is 448. The molecule has 102 valence electrons. The molecule has 2 rings (SSSR count). The van der Waals surface area contributed by atoms with Gasteiger partial charge in [0.05, 0.1) is 7.11 Å². The first-order chi connectivity index (χ1) is 9.29. The highest BCUT2D eigenvalue weighted by Gasteiger charge is 2.12. The summed E-state index contributed by atoms with van der Waals surface area (Å²) in [5.41, 5.74) is 2.13. The highest BCUT2D eigenvalue weighted by Crippen LogP contribution is 2.18. The van der Waals surface area contributed by atoms with Crippen LogP contribution in [0.2, 0.25) is 0 Å². The molecule has 0 aliphatic heterocycles. The molecule has 0 atom stereocenters. The highest BCUT2D eigenvalue weighted by atomic mass is 16.5.